The fourth-order valence-electron chi connectivity index (χ4n) is 2.37. The van der Waals surface area contributed by atoms with Gasteiger partial charge in [0.25, 0.3) is 5.91 Å². The third-order valence-corrected chi connectivity index (χ3v) is 3.74. The van der Waals surface area contributed by atoms with Gasteiger partial charge in [-0.15, -0.1) is 0 Å². The lowest BCUT2D eigenvalue weighted by Crippen LogP contribution is -2.20. The van der Waals surface area contributed by atoms with Crippen molar-refractivity contribution in [1.29, 1.82) is 0 Å². The van der Waals surface area contributed by atoms with Crippen LogP contribution in [0.5, 0.6) is 0 Å². The number of hydrogen-bond acceptors (Lipinski definition) is 6. The smallest absolute Gasteiger partial charge is 0.355 e. The molecule has 0 fully saturated rings. The first-order valence-electron chi connectivity index (χ1n) is 7.82. The van der Waals surface area contributed by atoms with Crippen LogP contribution in [0.3, 0.4) is 0 Å². The second kappa shape index (κ2) is 7.14. The predicted molar refractivity (Wildman–Crippen MR) is 87.7 cm³/mol. The first-order valence-corrected chi connectivity index (χ1v) is 7.82. The van der Waals surface area contributed by atoms with E-state index in [1.807, 2.05) is 0 Å². The highest BCUT2D eigenvalue weighted by Crippen LogP contribution is 2.29. The van der Waals surface area contributed by atoms with E-state index in [9.17, 15) is 18.0 Å². The number of nitrogens with zero attached hydrogens (tertiary/aromatic N) is 4. The molecule has 0 bridgehead atoms. The topological polar surface area (TPSA) is 93.8 Å². The van der Waals surface area contributed by atoms with Crippen LogP contribution in [-0.2, 0) is 12.6 Å². The summed E-state index contributed by atoms with van der Waals surface area (Å²) < 4.78 is 41.8. The zero-order valence-electron chi connectivity index (χ0n) is 14.3. The molecule has 3 aromatic rings. The molecule has 10 heteroatoms. The Bertz CT molecular complexity index is 967. The van der Waals surface area contributed by atoms with Gasteiger partial charge in [-0.05, 0) is 12.5 Å². The lowest BCUT2D eigenvalue weighted by molar-refractivity contribution is -0.159. The van der Waals surface area contributed by atoms with Gasteiger partial charge in [0.2, 0.25) is 5.82 Å². The van der Waals surface area contributed by atoms with Gasteiger partial charge >= 0.3 is 12.1 Å². The highest BCUT2D eigenvalue weighted by atomic mass is 19.4. The molecule has 3 rings (SSSR count). The average molecular weight is 377 g/mol. The van der Waals surface area contributed by atoms with Crippen molar-refractivity contribution in [2.75, 3.05) is 7.05 Å². The van der Waals surface area contributed by atoms with Crippen molar-refractivity contribution in [3.05, 3.63) is 59.0 Å². The van der Waals surface area contributed by atoms with Crippen molar-refractivity contribution in [2.45, 2.75) is 19.5 Å². The Morgan fingerprint density at radius 3 is 2.44 bits per heavy atom. The van der Waals surface area contributed by atoms with Crippen LogP contribution in [0.25, 0.3) is 11.4 Å². The highest BCUT2D eigenvalue weighted by Gasteiger charge is 2.38. The van der Waals surface area contributed by atoms with Gasteiger partial charge in [0.1, 0.15) is 5.82 Å². The van der Waals surface area contributed by atoms with Crippen molar-refractivity contribution in [2.24, 2.45) is 0 Å². The van der Waals surface area contributed by atoms with Crippen LogP contribution in [0.15, 0.2) is 35.0 Å². The van der Waals surface area contributed by atoms with Crippen LogP contribution < -0.4 is 5.32 Å². The Balaban J connectivity index is 1.75. The Morgan fingerprint density at radius 1 is 1.19 bits per heavy atom. The van der Waals surface area contributed by atoms with Crippen molar-refractivity contribution in [3.63, 3.8) is 0 Å². The number of hydrogen-bond donors (Lipinski definition) is 1. The molecule has 1 N–H and O–H groups in total. The summed E-state index contributed by atoms with van der Waals surface area (Å²) in [5.41, 5.74) is 2.19. The zero-order chi connectivity index (χ0) is 19.6. The number of alkyl halides is 3. The molecule has 1 amide bonds. The summed E-state index contributed by atoms with van der Waals surface area (Å²) in [5, 5.41) is 5.86. The highest BCUT2D eigenvalue weighted by molar-refractivity contribution is 5.94. The number of nitrogens with one attached hydrogen (secondary N) is 1. The minimum atomic E-state index is -4.68. The number of benzene rings is 1. The zero-order valence-corrected chi connectivity index (χ0v) is 14.3. The van der Waals surface area contributed by atoms with Crippen LogP contribution in [0.4, 0.5) is 13.2 Å². The van der Waals surface area contributed by atoms with Crippen LogP contribution in [0.1, 0.15) is 33.3 Å². The first kappa shape index (κ1) is 18.5. The normalized spacial score (nSPS) is 11.4. The summed E-state index contributed by atoms with van der Waals surface area (Å²) in [7, 11) is 1.53. The second-order valence-corrected chi connectivity index (χ2v) is 5.66. The minimum absolute atomic E-state index is 0.143. The number of rotatable bonds is 4. The summed E-state index contributed by atoms with van der Waals surface area (Å²) in [5.74, 6) is -1.27. The number of halogens is 3. The van der Waals surface area contributed by atoms with Crippen LogP contribution in [0.2, 0.25) is 0 Å². The molecule has 0 atom stereocenters. The van der Waals surface area contributed by atoms with Gasteiger partial charge in [0.05, 0.1) is 11.3 Å². The van der Waals surface area contributed by atoms with E-state index < -0.39 is 12.1 Å². The Morgan fingerprint density at radius 2 is 1.89 bits per heavy atom. The number of carbonyl (C=O) groups excluding carboxylic acids is 1. The van der Waals surface area contributed by atoms with E-state index in [1.54, 1.807) is 31.2 Å². The molecule has 27 heavy (non-hydrogen) atoms. The van der Waals surface area contributed by atoms with Crippen molar-refractivity contribution >= 4 is 5.91 Å². The van der Waals surface area contributed by atoms with E-state index in [0.717, 1.165) is 5.56 Å². The lowest BCUT2D eigenvalue weighted by Gasteiger charge is -2.06. The summed E-state index contributed by atoms with van der Waals surface area (Å²) >= 11 is 0. The summed E-state index contributed by atoms with van der Waals surface area (Å²) in [6.07, 6.45) is -2.82. The molecular weight excluding hydrogens is 363 g/mol. The minimum Gasteiger partial charge on any atom is -0.355 e. The maximum absolute atomic E-state index is 12.5. The molecule has 140 valence electrons. The number of carbonyl (C=O) groups is 1. The summed E-state index contributed by atoms with van der Waals surface area (Å²) in [6, 6.07) is 6.60. The van der Waals surface area contributed by atoms with Crippen molar-refractivity contribution in [1.82, 2.24) is 25.4 Å². The maximum atomic E-state index is 12.5. The van der Waals surface area contributed by atoms with Gasteiger partial charge in [-0.3, -0.25) is 4.79 Å². The largest absolute Gasteiger partial charge is 0.471 e. The number of aromatic nitrogens is 4. The number of amides is 1. The van der Waals surface area contributed by atoms with Gasteiger partial charge in [-0.2, -0.15) is 18.2 Å². The molecule has 2 heterocycles. The van der Waals surface area contributed by atoms with Gasteiger partial charge in [0.15, 0.2) is 0 Å². The molecular formula is C17H14F3N5O2. The molecule has 0 spiro atoms. The van der Waals surface area contributed by atoms with Crippen LogP contribution in [0, 0.1) is 6.92 Å². The maximum Gasteiger partial charge on any atom is 0.471 e. The Kier molecular flexibility index (Phi) is 4.89. The molecule has 2 aromatic heterocycles. The van der Waals surface area contributed by atoms with E-state index in [2.05, 4.69) is 29.9 Å². The van der Waals surface area contributed by atoms with E-state index in [4.69, 9.17) is 0 Å². The Labute approximate surface area is 151 Å². The molecule has 0 aliphatic carbocycles. The predicted octanol–water partition coefficient (Wildman–Crippen LogP) is 2.80. The molecule has 1 aromatic carbocycles. The lowest BCUT2D eigenvalue weighted by atomic mass is 10.1. The summed E-state index contributed by atoms with van der Waals surface area (Å²) in [6.45, 7) is 1.72. The van der Waals surface area contributed by atoms with Crippen molar-refractivity contribution in [3.8, 4) is 11.4 Å². The average Bonchev–Trinajstić information content (AvgIpc) is 3.12. The van der Waals surface area contributed by atoms with E-state index >= 15 is 0 Å². The summed E-state index contributed by atoms with van der Waals surface area (Å²) in [4.78, 5) is 23.5. The fourth-order valence-corrected chi connectivity index (χ4v) is 2.37. The fraction of sp³-hybridized carbons (Fsp3) is 0.235. The molecule has 7 nitrogen and oxygen atoms in total. The third-order valence-electron chi connectivity index (χ3n) is 3.74. The molecule has 0 saturated carbocycles. The van der Waals surface area contributed by atoms with Crippen LogP contribution >= 0.6 is 0 Å². The van der Waals surface area contributed by atoms with Crippen LogP contribution in [-0.4, -0.2) is 33.1 Å². The van der Waals surface area contributed by atoms with E-state index in [1.165, 1.54) is 13.2 Å². The van der Waals surface area contributed by atoms with Gasteiger partial charge in [0, 0.05) is 25.2 Å². The third kappa shape index (κ3) is 4.10. The number of aryl methyl sites for hydroxylation is 1. The SMILES string of the molecule is CNC(=O)c1cnc(Cc2ccc(-c3noc(C(F)(F)F)n3)cc2)nc1C. The Hall–Kier alpha value is -3.30. The van der Waals surface area contributed by atoms with Crippen molar-refractivity contribution < 1.29 is 22.5 Å². The quantitative estimate of drug-likeness (QED) is 0.751. The standard InChI is InChI=1S/C17H14F3N5O2/c1-9-12(15(26)21-2)8-22-13(23-9)7-10-3-5-11(6-4-10)14-24-16(27-25-14)17(18,19)20/h3-6,8H,7H2,1-2H3,(H,21,26). The molecule has 0 radical (unpaired) electrons. The van der Waals surface area contributed by atoms with Gasteiger partial charge < -0.3 is 9.84 Å². The monoisotopic (exact) mass is 377 g/mol. The molecule has 0 unspecified atom stereocenters. The van der Waals surface area contributed by atoms with E-state index in [-0.39, 0.29) is 11.7 Å². The molecule has 0 aliphatic heterocycles. The van der Waals surface area contributed by atoms with Gasteiger partial charge in [-0.25, -0.2) is 9.97 Å². The van der Waals surface area contributed by atoms with E-state index in [0.29, 0.717) is 29.1 Å². The first-order chi connectivity index (χ1) is 12.8. The second-order valence-electron chi connectivity index (χ2n) is 5.66. The molecule has 0 aliphatic rings. The molecule has 0 saturated heterocycles. The van der Waals surface area contributed by atoms with Gasteiger partial charge in [-0.1, -0.05) is 29.4 Å².